The van der Waals surface area contributed by atoms with Crippen LogP contribution in [0.25, 0.3) is 0 Å². The zero-order valence-electron chi connectivity index (χ0n) is 7.73. The Morgan fingerprint density at radius 2 is 2.08 bits per heavy atom. The van der Waals surface area contributed by atoms with Gasteiger partial charge in [-0.05, 0) is 33.0 Å². The summed E-state index contributed by atoms with van der Waals surface area (Å²) in [6.07, 6.45) is 1.47. The molecule has 1 saturated heterocycles. The molecule has 0 bridgehead atoms. The van der Waals surface area contributed by atoms with Crippen molar-refractivity contribution in [2.24, 2.45) is 5.73 Å². The Morgan fingerprint density at radius 3 is 2.46 bits per heavy atom. The SMILES string of the molecule is CN1CCC(S)(C(N)C(=O)O)CC1. The zero-order valence-corrected chi connectivity index (χ0v) is 8.63. The molecule has 4 nitrogen and oxygen atoms in total. The fourth-order valence-corrected chi connectivity index (χ4v) is 1.86. The molecule has 0 aromatic heterocycles. The number of hydrogen-bond acceptors (Lipinski definition) is 4. The fourth-order valence-electron chi connectivity index (χ4n) is 1.55. The van der Waals surface area contributed by atoms with E-state index in [1.165, 1.54) is 0 Å². The lowest BCUT2D eigenvalue weighted by Gasteiger charge is -2.39. The molecule has 1 fully saturated rings. The normalized spacial score (nSPS) is 25.5. The number of nitrogens with zero attached hydrogens (tertiary/aromatic N) is 1. The van der Waals surface area contributed by atoms with Crippen molar-refractivity contribution < 1.29 is 9.90 Å². The Labute approximate surface area is 83.5 Å². The summed E-state index contributed by atoms with van der Waals surface area (Å²) in [7, 11) is 2.01. The van der Waals surface area contributed by atoms with Gasteiger partial charge in [0.2, 0.25) is 0 Å². The van der Waals surface area contributed by atoms with Gasteiger partial charge in [0.15, 0.2) is 0 Å². The monoisotopic (exact) mass is 204 g/mol. The number of carboxylic acid groups (broad SMARTS) is 1. The second kappa shape index (κ2) is 3.86. The van der Waals surface area contributed by atoms with Crippen molar-refractivity contribution in [2.45, 2.75) is 23.6 Å². The molecule has 0 saturated carbocycles. The maximum absolute atomic E-state index is 10.7. The largest absolute Gasteiger partial charge is 0.480 e. The molecule has 0 radical (unpaired) electrons. The molecule has 5 heteroatoms. The van der Waals surface area contributed by atoms with Gasteiger partial charge in [-0.25, -0.2) is 0 Å². The summed E-state index contributed by atoms with van der Waals surface area (Å²) < 4.78 is -0.529. The van der Waals surface area contributed by atoms with E-state index in [4.69, 9.17) is 10.8 Å². The first-order valence-corrected chi connectivity index (χ1v) is 4.80. The molecule has 76 valence electrons. The lowest BCUT2D eigenvalue weighted by Crippen LogP contribution is -2.54. The second-order valence-electron chi connectivity index (χ2n) is 3.72. The van der Waals surface area contributed by atoms with Crippen LogP contribution in [0.1, 0.15) is 12.8 Å². The molecule has 0 aromatic rings. The molecule has 13 heavy (non-hydrogen) atoms. The summed E-state index contributed by atoms with van der Waals surface area (Å²) in [5.41, 5.74) is 5.58. The van der Waals surface area contributed by atoms with Crippen LogP contribution in [0.2, 0.25) is 0 Å². The van der Waals surface area contributed by atoms with Crippen LogP contribution in [0.3, 0.4) is 0 Å². The third kappa shape index (κ3) is 2.36. The molecular weight excluding hydrogens is 188 g/mol. The molecule has 0 spiro atoms. The van der Waals surface area contributed by atoms with Crippen molar-refractivity contribution in [1.82, 2.24) is 4.90 Å². The van der Waals surface area contributed by atoms with Crippen LogP contribution in [0.5, 0.6) is 0 Å². The first kappa shape index (κ1) is 10.8. The Kier molecular flexibility index (Phi) is 3.21. The number of piperidine rings is 1. The quantitative estimate of drug-likeness (QED) is 0.545. The highest BCUT2D eigenvalue weighted by Gasteiger charge is 2.39. The number of nitrogens with two attached hydrogens (primary N) is 1. The van der Waals surface area contributed by atoms with E-state index < -0.39 is 16.8 Å². The van der Waals surface area contributed by atoms with Crippen LogP contribution >= 0.6 is 12.6 Å². The van der Waals surface area contributed by atoms with Gasteiger partial charge >= 0.3 is 5.97 Å². The Hall–Kier alpha value is -0.260. The van der Waals surface area contributed by atoms with Crippen LogP contribution in [0.4, 0.5) is 0 Å². The van der Waals surface area contributed by atoms with E-state index in [9.17, 15) is 4.79 Å². The number of rotatable bonds is 2. The Balaban J connectivity index is 2.61. The van der Waals surface area contributed by atoms with E-state index in [1.54, 1.807) is 0 Å². The molecule has 1 unspecified atom stereocenters. The summed E-state index contributed by atoms with van der Waals surface area (Å²) in [5, 5.41) is 8.78. The van der Waals surface area contributed by atoms with Gasteiger partial charge in [-0.15, -0.1) is 0 Å². The van der Waals surface area contributed by atoms with Gasteiger partial charge in [0.25, 0.3) is 0 Å². The number of hydrogen-bond donors (Lipinski definition) is 3. The summed E-state index contributed by atoms with van der Waals surface area (Å²) in [5.74, 6) is -0.959. The standard InChI is InChI=1S/C8H16N2O2S/c1-10-4-2-8(13,3-5-10)6(9)7(11)12/h6,13H,2-5,9H2,1H3,(H,11,12). The van der Waals surface area contributed by atoms with Crippen molar-refractivity contribution in [2.75, 3.05) is 20.1 Å². The highest BCUT2D eigenvalue weighted by atomic mass is 32.1. The molecule has 1 rings (SSSR count). The van der Waals surface area contributed by atoms with Gasteiger partial charge in [-0.3, -0.25) is 4.79 Å². The third-order valence-corrected chi connectivity index (χ3v) is 3.42. The summed E-state index contributed by atoms with van der Waals surface area (Å²) in [6.45, 7) is 1.73. The lowest BCUT2D eigenvalue weighted by molar-refractivity contribution is -0.139. The van der Waals surface area contributed by atoms with Gasteiger partial charge in [-0.1, -0.05) is 0 Å². The minimum absolute atomic E-state index is 0.529. The topological polar surface area (TPSA) is 66.6 Å². The zero-order chi connectivity index (χ0) is 10.1. The molecule has 1 atom stereocenters. The number of carboxylic acids is 1. The lowest BCUT2D eigenvalue weighted by atomic mass is 9.89. The number of thiol groups is 1. The van der Waals surface area contributed by atoms with Crippen molar-refractivity contribution in [3.63, 3.8) is 0 Å². The van der Waals surface area contributed by atoms with Crippen molar-refractivity contribution in [1.29, 1.82) is 0 Å². The van der Waals surface area contributed by atoms with E-state index in [1.807, 2.05) is 7.05 Å². The van der Waals surface area contributed by atoms with E-state index in [0.717, 1.165) is 25.9 Å². The second-order valence-corrected chi connectivity index (χ2v) is 4.61. The molecular formula is C8H16N2O2S. The first-order chi connectivity index (χ1) is 5.96. The highest BCUT2D eigenvalue weighted by molar-refractivity contribution is 7.82. The summed E-state index contributed by atoms with van der Waals surface area (Å²) >= 11 is 4.39. The van der Waals surface area contributed by atoms with E-state index in [0.29, 0.717) is 0 Å². The van der Waals surface area contributed by atoms with Crippen LogP contribution in [0, 0.1) is 0 Å². The molecule has 0 amide bonds. The fraction of sp³-hybridized carbons (Fsp3) is 0.875. The van der Waals surface area contributed by atoms with E-state index in [-0.39, 0.29) is 0 Å². The first-order valence-electron chi connectivity index (χ1n) is 4.35. The predicted molar refractivity (Wildman–Crippen MR) is 54.1 cm³/mol. The summed E-state index contributed by atoms with van der Waals surface area (Å²) in [6, 6.07) is -0.857. The highest BCUT2D eigenvalue weighted by Crippen LogP contribution is 2.30. The smallest absolute Gasteiger partial charge is 0.321 e. The molecule has 0 aromatic carbocycles. The van der Waals surface area contributed by atoms with Gasteiger partial charge in [0, 0.05) is 4.75 Å². The summed E-state index contributed by atoms with van der Waals surface area (Å²) in [4.78, 5) is 12.9. The molecule has 3 N–H and O–H groups in total. The maximum Gasteiger partial charge on any atom is 0.321 e. The molecule has 1 aliphatic heterocycles. The minimum Gasteiger partial charge on any atom is -0.480 e. The van der Waals surface area contributed by atoms with Gasteiger partial charge < -0.3 is 15.7 Å². The molecule has 0 aliphatic carbocycles. The van der Waals surface area contributed by atoms with Crippen molar-refractivity contribution >= 4 is 18.6 Å². The minimum atomic E-state index is -0.959. The van der Waals surface area contributed by atoms with Crippen LogP contribution in [0.15, 0.2) is 0 Å². The number of aliphatic carboxylic acids is 1. The molecule has 1 aliphatic rings. The average molecular weight is 204 g/mol. The van der Waals surface area contributed by atoms with E-state index >= 15 is 0 Å². The maximum atomic E-state index is 10.7. The van der Waals surface area contributed by atoms with Crippen molar-refractivity contribution in [3.8, 4) is 0 Å². The number of carbonyl (C=O) groups is 1. The third-order valence-electron chi connectivity index (χ3n) is 2.70. The number of likely N-dealkylation sites (tertiary alicyclic amines) is 1. The van der Waals surface area contributed by atoms with Gasteiger partial charge in [0.05, 0.1) is 0 Å². The Morgan fingerprint density at radius 1 is 1.62 bits per heavy atom. The van der Waals surface area contributed by atoms with Crippen molar-refractivity contribution in [3.05, 3.63) is 0 Å². The van der Waals surface area contributed by atoms with Gasteiger partial charge in [-0.2, -0.15) is 12.6 Å². The van der Waals surface area contributed by atoms with Crippen LogP contribution in [-0.4, -0.2) is 46.9 Å². The van der Waals surface area contributed by atoms with Crippen LogP contribution < -0.4 is 5.73 Å². The Bertz CT molecular complexity index is 202. The average Bonchev–Trinajstić information content (AvgIpc) is 2.09. The van der Waals surface area contributed by atoms with E-state index in [2.05, 4.69) is 17.5 Å². The predicted octanol–water partition coefficient (Wildman–Crippen LogP) is -0.207. The molecule has 1 heterocycles. The van der Waals surface area contributed by atoms with Crippen LogP contribution in [-0.2, 0) is 4.79 Å². The van der Waals surface area contributed by atoms with Gasteiger partial charge in [0.1, 0.15) is 6.04 Å².